The van der Waals surface area contributed by atoms with Crippen LogP contribution in [0.1, 0.15) is 46.5 Å². The molecule has 0 aromatic carbocycles. The number of ether oxygens (including phenoxy) is 1. The molecule has 3 heteroatoms. The second kappa shape index (κ2) is 4.26. The van der Waals surface area contributed by atoms with Crippen LogP contribution in [0.15, 0.2) is 0 Å². The van der Waals surface area contributed by atoms with Gasteiger partial charge in [-0.1, -0.05) is 0 Å². The van der Waals surface area contributed by atoms with Gasteiger partial charge in [0.15, 0.2) is 0 Å². The van der Waals surface area contributed by atoms with Crippen LogP contribution in [0.25, 0.3) is 0 Å². The van der Waals surface area contributed by atoms with Gasteiger partial charge >= 0.3 is 0 Å². The molecule has 1 unspecified atom stereocenters. The first-order chi connectivity index (χ1) is 7.47. The number of hydrogen-bond donors (Lipinski definition) is 0. The van der Waals surface area contributed by atoms with Crippen LogP contribution in [0, 0.1) is 0 Å². The molecule has 0 bridgehead atoms. The highest BCUT2D eigenvalue weighted by Crippen LogP contribution is 2.43. The van der Waals surface area contributed by atoms with E-state index in [9.17, 15) is 4.39 Å². The minimum absolute atomic E-state index is 0.0865. The van der Waals surface area contributed by atoms with Crippen LogP contribution in [-0.2, 0) is 4.74 Å². The van der Waals surface area contributed by atoms with E-state index in [1.54, 1.807) is 0 Å². The van der Waals surface area contributed by atoms with E-state index < -0.39 is 0 Å². The topological polar surface area (TPSA) is 12.5 Å². The summed E-state index contributed by atoms with van der Waals surface area (Å²) in [5.74, 6) is 0. The van der Waals surface area contributed by atoms with Crippen LogP contribution in [0.5, 0.6) is 0 Å². The van der Waals surface area contributed by atoms with Gasteiger partial charge in [0.25, 0.3) is 0 Å². The Bertz CT molecular complexity index is 251. The summed E-state index contributed by atoms with van der Waals surface area (Å²) >= 11 is 0. The molecule has 2 atom stereocenters. The summed E-state index contributed by atoms with van der Waals surface area (Å²) < 4.78 is 18.8. The number of rotatable bonds is 3. The monoisotopic (exact) mass is 229 g/mol. The molecule has 16 heavy (non-hydrogen) atoms. The number of fused-ring (bicyclic) bond motifs is 1. The summed E-state index contributed by atoms with van der Waals surface area (Å²) in [6, 6.07) is 0.158. The van der Waals surface area contributed by atoms with Crippen LogP contribution < -0.4 is 0 Å². The Labute approximate surface area is 98.1 Å². The Morgan fingerprint density at radius 1 is 1.38 bits per heavy atom. The van der Waals surface area contributed by atoms with Crippen molar-refractivity contribution < 1.29 is 9.13 Å². The van der Waals surface area contributed by atoms with E-state index in [0.29, 0.717) is 0 Å². The first-order valence-electron chi connectivity index (χ1n) is 6.44. The van der Waals surface area contributed by atoms with Crippen molar-refractivity contribution in [3.63, 3.8) is 0 Å². The Morgan fingerprint density at radius 2 is 2.12 bits per heavy atom. The summed E-state index contributed by atoms with van der Waals surface area (Å²) in [4.78, 5) is 2.37. The molecule has 0 spiro atoms. The molecule has 0 saturated carbocycles. The van der Waals surface area contributed by atoms with Gasteiger partial charge in [-0.05, 0) is 53.0 Å². The minimum atomic E-state index is -0.197. The second-order valence-corrected chi connectivity index (χ2v) is 6.27. The summed E-state index contributed by atoms with van der Waals surface area (Å²) in [6.07, 6.45) is 4.49. The van der Waals surface area contributed by atoms with Crippen molar-refractivity contribution in [2.75, 3.05) is 19.8 Å². The largest absolute Gasteiger partial charge is 0.374 e. The van der Waals surface area contributed by atoms with E-state index in [1.165, 1.54) is 12.8 Å². The molecule has 2 aliphatic rings. The third-order valence-electron chi connectivity index (χ3n) is 3.99. The lowest BCUT2D eigenvalue weighted by Gasteiger charge is -2.36. The third kappa shape index (κ3) is 2.25. The Kier molecular flexibility index (Phi) is 3.28. The number of alkyl halides is 1. The number of nitrogens with zero attached hydrogens (tertiary/aromatic N) is 1. The Balaban J connectivity index is 2.01. The molecule has 0 aromatic rings. The molecule has 2 fully saturated rings. The Hall–Kier alpha value is -0.150. The standard InChI is InChI=1S/C13H24FNO/c1-12(2,3)16-10-13-6-4-8-15(13)11(9-14)5-7-13/h11H,4-10H2,1-3H3/t11?,13-/m0/s1. The van der Waals surface area contributed by atoms with Crippen LogP contribution in [0.3, 0.4) is 0 Å². The van der Waals surface area contributed by atoms with Gasteiger partial charge in [0, 0.05) is 11.6 Å². The minimum Gasteiger partial charge on any atom is -0.374 e. The normalized spacial score (nSPS) is 35.6. The van der Waals surface area contributed by atoms with Gasteiger partial charge in [-0.2, -0.15) is 0 Å². The van der Waals surface area contributed by atoms with Gasteiger partial charge in [0.2, 0.25) is 0 Å². The van der Waals surface area contributed by atoms with Crippen LogP contribution in [0.4, 0.5) is 4.39 Å². The van der Waals surface area contributed by atoms with Crippen molar-refractivity contribution in [1.29, 1.82) is 0 Å². The van der Waals surface area contributed by atoms with Crippen molar-refractivity contribution in [3.05, 3.63) is 0 Å². The van der Waals surface area contributed by atoms with Gasteiger partial charge in [0.1, 0.15) is 6.67 Å². The fourth-order valence-corrected chi connectivity index (χ4v) is 3.13. The van der Waals surface area contributed by atoms with E-state index in [4.69, 9.17) is 4.74 Å². The van der Waals surface area contributed by atoms with Crippen molar-refractivity contribution in [3.8, 4) is 0 Å². The summed E-state index contributed by atoms with van der Waals surface area (Å²) in [6.45, 7) is 7.89. The first kappa shape index (κ1) is 12.3. The fourth-order valence-electron chi connectivity index (χ4n) is 3.13. The van der Waals surface area contributed by atoms with Gasteiger partial charge in [-0.25, -0.2) is 4.39 Å². The molecule has 0 aliphatic carbocycles. The van der Waals surface area contributed by atoms with Crippen LogP contribution >= 0.6 is 0 Å². The van der Waals surface area contributed by atoms with Gasteiger partial charge < -0.3 is 4.74 Å². The van der Waals surface area contributed by atoms with Crippen molar-refractivity contribution in [2.24, 2.45) is 0 Å². The van der Waals surface area contributed by atoms with Crippen LogP contribution in [-0.4, -0.2) is 41.9 Å². The zero-order valence-corrected chi connectivity index (χ0v) is 10.8. The maximum absolute atomic E-state index is 12.9. The first-order valence-corrected chi connectivity index (χ1v) is 6.44. The lowest BCUT2D eigenvalue weighted by atomic mass is 9.95. The molecular formula is C13H24FNO. The smallest absolute Gasteiger partial charge is 0.105 e. The predicted molar refractivity (Wildman–Crippen MR) is 63.4 cm³/mol. The average Bonchev–Trinajstić information content (AvgIpc) is 2.71. The van der Waals surface area contributed by atoms with Gasteiger partial charge in [0.05, 0.1) is 12.2 Å². The zero-order valence-electron chi connectivity index (χ0n) is 10.8. The van der Waals surface area contributed by atoms with E-state index in [1.807, 2.05) is 0 Å². The Morgan fingerprint density at radius 3 is 2.75 bits per heavy atom. The molecule has 2 saturated heterocycles. The van der Waals surface area contributed by atoms with Crippen molar-refractivity contribution in [1.82, 2.24) is 4.90 Å². The molecule has 2 heterocycles. The maximum atomic E-state index is 12.9. The number of halogens is 1. The second-order valence-electron chi connectivity index (χ2n) is 6.27. The highest BCUT2D eigenvalue weighted by Gasteiger charge is 2.49. The fraction of sp³-hybridized carbons (Fsp3) is 1.00. The summed E-state index contributed by atoms with van der Waals surface area (Å²) in [5, 5.41) is 0. The molecule has 2 nitrogen and oxygen atoms in total. The molecule has 0 amide bonds. The van der Waals surface area contributed by atoms with Gasteiger partial charge in [-0.3, -0.25) is 4.90 Å². The van der Waals surface area contributed by atoms with E-state index in [2.05, 4.69) is 25.7 Å². The molecule has 0 N–H and O–H groups in total. The number of hydrogen-bond acceptors (Lipinski definition) is 2. The van der Waals surface area contributed by atoms with Crippen LogP contribution in [0.2, 0.25) is 0 Å². The van der Waals surface area contributed by atoms with Crippen molar-refractivity contribution >= 4 is 0 Å². The SMILES string of the molecule is CC(C)(C)OC[C@@]12CCCN1C(CF)CC2. The summed E-state index contributed by atoms with van der Waals surface area (Å²) in [5.41, 5.74) is 0.0703. The van der Waals surface area contributed by atoms with Crippen molar-refractivity contribution in [2.45, 2.75) is 63.6 Å². The molecular weight excluding hydrogens is 205 g/mol. The molecule has 0 radical (unpaired) electrons. The lowest BCUT2D eigenvalue weighted by Crippen LogP contribution is -2.47. The lowest BCUT2D eigenvalue weighted by molar-refractivity contribution is -0.0575. The third-order valence-corrected chi connectivity index (χ3v) is 3.99. The predicted octanol–water partition coefficient (Wildman–Crippen LogP) is 2.77. The average molecular weight is 229 g/mol. The quantitative estimate of drug-likeness (QED) is 0.738. The van der Waals surface area contributed by atoms with E-state index >= 15 is 0 Å². The molecule has 94 valence electrons. The van der Waals surface area contributed by atoms with E-state index in [-0.39, 0.29) is 23.9 Å². The molecule has 2 rings (SSSR count). The molecule has 0 aromatic heterocycles. The zero-order chi connectivity index (χ0) is 11.8. The highest BCUT2D eigenvalue weighted by atomic mass is 19.1. The highest BCUT2D eigenvalue weighted by molar-refractivity contribution is 5.04. The maximum Gasteiger partial charge on any atom is 0.105 e. The summed E-state index contributed by atoms with van der Waals surface area (Å²) in [7, 11) is 0. The van der Waals surface area contributed by atoms with Gasteiger partial charge in [-0.15, -0.1) is 0 Å². The van der Waals surface area contributed by atoms with E-state index in [0.717, 1.165) is 26.0 Å². The molecule has 2 aliphatic heterocycles.